The number of ether oxygens (including phenoxy) is 1. The number of hydrogen-bond donors (Lipinski definition) is 1. The first-order valence-corrected chi connectivity index (χ1v) is 9.58. The molecule has 4 rings (SSSR count). The van der Waals surface area contributed by atoms with Crippen molar-refractivity contribution in [3.8, 4) is 5.69 Å². The molecule has 4 aromatic rings. The first kappa shape index (κ1) is 20.1. The molecule has 0 saturated heterocycles. The third-order valence-corrected chi connectivity index (χ3v) is 4.99. The summed E-state index contributed by atoms with van der Waals surface area (Å²) in [6.45, 7) is 4.44. The molecule has 0 aliphatic rings. The molecule has 0 spiro atoms. The molecule has 9 nitrogen and oxygen atoms in total. The van der Waals surface area contributed by atoms with Gasteiger partial charge in [0.2, 0.25) is 0 Å². The number of aryl methyl sites for hydroxylation is 1. The van der Waals surface area contributed by atoms with Gasteiger partial charge in [0.05, 0.1) is 37.4 Å². The van der Waals surface area contributed by atoms with Crippen LogP contribution in [0.3, 0.4) is 0 Å². The van der Waals surface area contributed by atoms with E-state index in [1.54, 1.807) is 30.5 Å². The molecule has 0 unspecified atom stereocenters. The van der Waals surface area contributed by atoms with E-state index in [-0.39, 0.29) is 11.6 Å². The zero-order chi connectivity index (χ0) is 22.0. The predicted octanol–water partition coefficient (Wildman–Crippen LogP) is 3.37. The Hall–Kier alpha value is -4.14. The lowest BCUT2D eigenvalue weighted by Crippen LogP contribution is -2.13. The normalized spacial score (nSPS) is 10.8. The molecule has 3 heterocycles. The highest BCUT2D eigenvalue weighted by molar-refractivity contribution is 6.05. The summed E-state index contributed by atoms with van der Waals surface area (Å²) in [6, 6.07) is 12.7. The Labute approximate surface area is 178 Å². The number of amides is 1. The van der Waals surface area contributed by atoms with Crippen LogP contribution in [0.5, 0.6) is 0 Å². The first-order chi connectivity index (χ1) is 15.0. The van der Waals surface area contributed by atoms with E-state index in [2.05, 4.69) is 20.4 Å². The van der Waals surface area contributed by atoms with E-state index in [9.17, 15) is 9.59 Å². The monoisotopic (exact) mass is 419 g/mol. The summed E-state index contributed by atoms with van der Waals surface area (Å²) < 4.78 is 13.6. The largest absolute Gasteiger partial charge is 0.467 e. The van der Waals surface area contributed by atoms with Gasteiger partial charge in [0.1, 0.15) is 5.76 Å². The fourth-order valence-electron chi connectivity index (χ4n) is 3.32. The Morgan fingerprint density at radius 3 is 2.61 bits per heavy atom. The summed E-state index contributed by atoms with van der Waals surface area (Å²) >= 11 is 0. The van der Waals surface area contributed by atoms with Gasteiger partial charge in [-0.3, -0.25) is 4.79 Å². The molecule has 3 aromatic heterocycles. The summed E-state index contributed by atoms with van der Waals surface area (Å²) in [6.07, 6.45) is 3.11. The van der Waals surface area contributed by atoms with Crippen LogP contribution in [-0.4, -0.2) is 38.5 Å². The van der Waals surface area contributed by atoms with Crippen LogP contribution in [0.1, 0.15) is 38.0 Å². The molecule has 0 radical (unpaired) electrons. The molecule has 0 aliphatic heterocycles. The lowest BCUT2D eigenvalue weighted by atomic mass is 10.2. The predicted molar refractivity (Wildman–Crippen MR) is 112 cm³/mol. The van der Waals surface area contributed by atoms with Gasteiger partial charge in [-0.2, -0.15) is 0 Å². The van der Waals surface area contributed by atoms with Crippen LogP contribution in [0.4, 0.5) is 5.69 Å². The van der Waals surface area contributed by atoms with Crippen molar-refractivity contribution < 1.29 is 18.7 Å². The Balaban J connectivity index is 1.48. The molecule has 0 fully saturated rings. The highest BCUT2D eigenvalue weighted by Crippen LogP contribution is 2.20. The average molecular weight is 419 g/mol. The van der Waals surface area contributed by atoms with E-state index >= 15 is 0 Å². The Kier molecular flexibility index (Phi) is 5.40. The van der Waals surface area contributed by atoms with Gasteiger partial charge in [-0.05, 0) is 56.3 Å². The van der Waals surface area contributed by atoms with Gasteiger partial charge in [0, 0.05) is 17.1 Å². The number of nitrogens with one attached hydrogen (secondary N) is 1. The van der Waals surface area contributed by atoms with Crippen LogP contribution in [-0.2, 0) is 11.3 Å². The molecule has 9 heteroatoms. The van der Waals surface area contributed by atoms with Crippen LogP contribution in [0.25, 0.3) is 5.69 Å². The fraction of sp³-hybridized carbons (Fsp3) is 0.182. The number of aromatic nitrogens is 4. The molecule has 158 valence electrons. The molecular formula is C22H21N5O4. The molecule has 1 N–H and O–H groups in total. The van der Waals surface area contributed by atoms with Gasteiger partial charge in [-0.1, -0.05) is 5.21 Å². The SMILES string of the molecule is COC(=O)c1cn(-c2ccc(NC(=O)c3cc(C)n(Cc4ccco4)c3C)cc2)nn1. The Morgan fingerprint density at radius 2 is 1.94 bits per heavy atom. The van der Waals surface area contributed by atoms with Gasteiger partial charge in [-0.25, -0.2) is 9.48 Å². The van der Waals surface area contributed by atoms with Crippen LogP contribution in [0.15, 0.2) is 59.3 Å². The number of methoxy groups -OCH3 is 1. The quantitative estimate of drug-likeness (QED) is 0.481. The molecule has 0 bridgehead atoms. The smallest absolute Gasteiger partial charge is 0.360 e. The van der Waals surface area contributed by atoms with E-state index in [4.69, 9.17) is 4.42 Å². The van der Waals surface area contributed by atoms with Gasteiger partial charge in [0.25, 0.3) is 5.91 Å². The maximum atomic E-state index is 12.8. The van der Waals surface area contributed by atoms with E-state index in [1.807, 2.05) is 36.6 Å². The number of rotatable bonds is 6. The van der Waals surface area contributed by atoms with Crippen molar-refractivity contribution in [2.75, 3.05) is 12.4 Å². The molecule has 0 aliphatic carbocycles. The van der Waals surface area contributed by atoms with Crippen LogP contribution in [0, 0.1) is 13.8 Å². The molecular weight excluding hydrogens is 398 g/mol. The van der Waals surface area contributed by atoms with E-state index in [1.165, 1.54) is 18.0 Å². The summed E-state index contributed by atoms with van der Waals surface area (Å²) in [5.41, 5.74) is 3.88. The molecule has 31 heavy (non-hydrogen) atoms. The van der Waals surface area contributed by atoms with Gasteiger partial charge in [0.15, 0.2) is 5.69 Å². The van der Waals surface area contributed by atoms with Crippen molar-refractivity contribution in [3.05, 3.63) is 83.3 Å². The minimum Gasteiger partial charge on any atom is -0.467 e. The standard InChI is InChI=1S/C22H21N5O4/c1-14-11-19(15(2)26(14)12-18-5-4-10-31-18)21(28)23-16-6-8-17(9-7-16)27-13-20(24-25-27)22(29)30-3/h4-11,13H,12H2,1-3H3,(H,23,28). The number of anilines is 1. The second kappa shape index (κ2) is 8.31. The number of carbonyl (C=O) groups is 2. The number of esters is 1. The van der Waals surface area contributed by atoms with Crippen molar-refractivity contribution in [1.82, 2.24) is 19.6 Å². The number of carbonyl (C=O) groups excluding carboxylic acids is 2. The minimum atomic E-state index is -0.556. The molecule has 0 saturated carbocycles. The lowest BCUT2D eigenvalue weighted by Gasteiger charge is -2.09. The van der Waals surface area contributed by atoms with E-state index < -0.39 is 5.97 Å². The first-order valence-electron chi connectivity index (χ1n) is 9.58. The topological polar surface area (TPSA) is 104 Å². The molecule has 0 atom stereocenters. The van der Waals surface area contributed by atoms with Crippen molar-refractivity contribution >= 4 is 17.6 Å². The summed E-state index contributed by atoms with van der Waals surface area (Å²) in [7, 11) is 1.28. The van der Waals surface area contributed by atoms with Gasteiger partial charge < -0.3 is 19.0 Å². The number of hydrogen-bond acceptors (Lipinski definition) is 6. The maximum absolute atomic E-state index is 12.8. The summed E-state index contributed by atoms with van der Waals surface area (Å²) in [4.78, 5) is 24.4. The van der Waals surface area contributed by atoms with E-state index in [0.717, 1.165) is 17.1 Å². The highest BCUT2D eigenvalue weighted by atomic mass is 16.5. The average Bonchev–Trinajstić information content (AvgIpc) is 3.52. The van der Waals surface area contributed by atoms with Crippen molar-refractivity contribution in [2.24, 2.45) is 0 Å². The third kappa shape index (κ3) is 4.11. The van der Waals surface area contributed by atoms with E-state index in [0.29, 0.717) is 23.5 Å². The molecule has 1 amide bonds. The third-order valence-electron chi connectivity index (χ3n) is 4.99. The highest BCUT2D eigenvalue weighted by Gasteiger charge is 2.17. The zero-order valence-corrected chi connectivity index (χ0v) is 17.3. The fourth-order valence-corrected chi connectivity index (χ4v) is 3.32. The second-order valence-electron chi connectivity index (χ2n) is 6.99. The lowest BCUT2D eigenvalue weighted by molar-refractivity contribution is 0.0593. The number of benzene rings is 1. The molecule has 1 aromatic carbocycles. The van der Waals surface area contributed by atoms with Gasteiger partial charge in [-0.15, -0.1) is 5.10 Å². The number of furan rings is 1. The van der Waals surface area contributed by atoms with Crippen LogP contribution >= 0.6 is 0 Å². The Bertz CT molecular complexity index is 1220. The second-order valence-corrected chi connectivity index (χ2v) is 6.99. The summed E-state index contributed by atoms with van der Waals surface area (Å²) in [5.74, 6) is 0.0767. The maximum Gasteiger partial charge on any atom is 0.360 e. The Morgan fingerprint density at radius 1 is 1.16 bits per heavy atom. The van der Waals surface area contributed by atoms with Crippen molar-refractivity contribution in [2.45, 2.75) is 20.4 Å². The zero-order valence-electron chi connectivity index (χ0n) is 17.3. The van der Waals surface area contributed by atoms with Crippen LogP contribution in [0.2, 0.25) is 0 Å². The minimum absolute atomic E-state index is 0.116. The number of nitrogens with zero attached hydrogens (tertiary/aromatic N) is 4. The van der Waals surface area contributed by atoms with Crippen LogP contribution < -0.4 is 5.32 Å². The van der Waals surface area contributed by atoms with Gasteiger partial charge >= 0.3 is 5.97 Å². The summed E-state index contributed by atoms with van der Waals surface area (Å²) in [5, 5.41) is 10.6. The van der Waals surface area contributed by atoms with Crippen molar-refractivity contribution in [3.63, 3.8) is 0 Å². The van der Waals surface area contributed by atoms with Crippen molar-refractivity contribution in [1.29, 1.82) is 0 Å².